The first kappa shape index (κ1) is 15.1. The highest BCUT2D eigenvalue weighted by Gasteiger charge is 2.24. The lowest BCUT2D eigenvalue weighted by Gasteiger charge is -2.28. The molecule has 0 saturated heterocycles. The second kappa shape index (κ2) is 8.22. The fourth-order valence-corrected chi connectivity index (χ4v) is 2.23. The topological polar surface area (TPSA) is 21.3 Å². The quantitative estimate of drug-likeness (QED) is 0.763. The van der Waals surface area contributed by atoms with Gasteiger partial charge < -0.3 is 10.1 Å². The van der Waals surface area contributed by atoms with E-state index in [2.05, 4.69) is 12.2 Å². The lowest BCUT2D eigenvalue weighted by molar-refractivity contribution is 0.0271. The van der Waals surface area contributed by atoms with Crippen molar-refractivity contribution in [2.24, 2.45) is 0 Å². The van der Waals surface area contributed by atoms with Crippen LogP contribution in [-0.4, -0.2) is 19.3 Å². The molecule has 0 aliphatic carbocycles. The summed E-state index contributed by atoms with van der Waals surface area (Å²) in [4.78, 5) is 0. The fourth-order valence-electron chi connectivity index (χ4n) is 2.23. The summed E-state index contributed by atoms with van der Waals surface area (Å²) in [7, 11) is 0. The number of ether oxygens (including phenoxy) is 1. The molecular weight excluding hydrogens is 229 g/mol. The Balaban J connectivity index is 2.95. The number of nitrogens with one attached hydrogen (secondary N) is 1. The highest BCUT2D eigenvalue weighted by atomic mass is 19.1. The maximum Gasteiger partial charge on any atom is 0.128 e. The summed E-state index contributed by atoms with van der Waals surface area (Å²) >= 11 is 0. The molecule has 0 aliphatic rings. The van der Waals surface area contributed by atoms with Gasteiger partial charge in [-0.05, 0) is 26.0 Å². The molecule has 0 aliphatic heterocycles. The molecule has 3 heteroatoms. The molecule has 1 N–H and O–H groups in total. The van der Waals surface area contributed by atoms with Crippen molar-refractivity contribution in [3.8, 4) is 0 Å². The molecule has 0 radical (unpaired) electrons. The first-order valence-electron chi connectivity index (χ1n) is 6.83. The highest BCUT2D eigenvalue weighted by Crippen LogP contribution is 2.25. The van der Waals surface area contributed by atoms with Gasteiger partial charge in [0.15, 0.2) is 0 Å². The average molecular weight is 253 g/mol. The van der Waals surface area contributed by atoms with Gasteiger partial charge in [0.2, 0.25) is 0 Å². The Morgan fingerprint density at radius 1 is 1.22 bits per heavy atom. The Hall–Kier alpha value is -0.930. The molecule has 0 spiro atoms. The van der Waals surface area contributed by atoms with Crippen LogP contribution >= 0.6 is 0 Å². The molecule has 2 atom stereocenters. The van der Waals surface area contributed by atoms with Gasteiger partial charge in [0.25, 0.3) is 0 Å². The van der Waals surface area contributed by atoms with E-state index in [-0.39, 0.29) is 18.0 Å². The van der Waals surface area contributed by atoms with Gasteiger partial charge in [-0.1, -0.05) is 38.5 Å². The summed E-state index contributed by atoms with van der Waals surface area (Å²) in [6.45, 7) is 7.58. The van der Waals surface area contributed by atoms with E-state index in [0.717, 1.165) is 19.4 Å². The molecule has 2 unspecified atom stereocenters. The van der Waals surface area contributed by atoms with Crippen LogP contribution in [0.25, 0.3) is 0 Å². The summed E-state index contributed by atoms with van der Waals surface area (Å²) in [6, 6.07) is 6.87. The first-order chi connectivity index (χ1) is 8.74. The van der Waals surface area contributed by atoms with E-state index in [0.29, 0.717) is 12.2 Å². The van der Waals surface area contributed by atoms with Crippen molar-refractivity contribution < 1.29 is 9.13 Å². The molecule has 1 aromatic rings. The number of rotatable bonds is 8. The Bertz CT molecular complexity index is 337. The van der Waals surface area contributed by atoms with Gasteiger partial charge in [0.1, 0.15) is 5.82 Å². The summed E-state index contributed by atoms with van der Waals surface area (Å²) in [5, 5.41) is 3.34. The van der Waals surface area contributed by atoms with Crippen molar-refractivity contribution in [2.75, 3.05) is 13.2 Å². The third-order valence-electron chi connectivity index (χ3n) is 2.99. The number of benzene rings is 1. The Morgan fingerprint density at radius 2 is 1.94 bits per heavy atom. The Labute approximate surface area is 110 Å². The lowest BCUT2D eigenvalue weighted by Crippen LogP contribution is -2.34. The van der Waals surface area contributed by atoms with E-state index >= 15 is 0 Å². The lowest BCUT2D eigenvalue weighted by atomic mass is 9.97. The van der Waals surface area contributed by atoms with Gasteiger partial charge in [0.05, 0.1) is 12.1 Å². The standard InChI is InChI=1S/C15H24FNO/c1-4-9-14(18-6-3)15(17-5-2)12-10-7-8-11-13(12)16/h7-8,10-11,14-15,17H,4-6,9H2,1-3H3. The van der Waals surface area contributed by atoms with Crippen LogP contribution in [0.15, 0.2) is 24.3 Å². The number of hydrogen-bond donors (Lipinski definition) is 1. The van der Waals surface area contributed by atoms with Crippen LogP contribution in [0.4, 0.5) is 4.39 Å². The fraction of sp³-hybridized carbons (Fsp3) is 0.600. The van der Waals surface area contributed by atoms with Crippen molar-refractivity contribution >= 4 is 0 Å². The first-order valence-corrected chi connectivity index (χ1v) is 6.83. The molecule has 0 saturated carbocycles. The van der Waals surface area contributed by atoms with Gasteiger partial charge >= 0.3 is 0 Å². The monoisotopic (exact) mass is 253 g/mol. The third-order valence-corrected chi connectivity index (χ3v) is 2.99. The highest BCUT2D eigenvalue weighted by molar-refractivity contribution is 5.22. The summed E-state index contributed by atoms with van der Waals surface area (Å²) < 4.78 is 19.7. The maximum absolute atomic E-state index is 13.9. The van der Waals surface area contributed by atoms with Crippen molar-refractivity contribution in [3.05, 3.63) is 35.6 Å². The van der Waals surface area contributed by atoms with Crippen LogP contribution in [0, 0.1) is 5.82 Å². The maximum atomic E-state index is 13.9. The van der Waals surface area contributed by atoms with Crippen LogP contribution in [0.2, 0.25) is 0 Å². The van der Waals surface area contributed by atoms with Gasteiger partial charge in [-0.25, -0.2) is 4.39 Å². The molecule has 0 fully saturated rings. The van der Waals surface area contributed by atoms with Gasteiger partial charge in [-0.15, -0.1) is 0 Å². The SMILES string of the molecule is CCCC(OCC)C(NCC)c1ccccc1F. The third kappa shape index (κ3) is 4.07. The van der Waals surface area contributed by atoms with Gasteiger partial charge in [-0.3, -0.25) is 0 Å². The molecule has 0 aromatic heterocycles. The molecule has 1 aromatic carbocycles. The molecule has 18 heavy (non-hydrogen) atoms. The van der Waals surface area contributed by atoms with Crippen LogP contribution < -0.4 is 5.32 Å². The van der Waals surface area contributed by atoms with E-state index in [4.69, 9.17) is 4.74 Å². The Morgan fingerprint density at radius 3 is 2.50 bits per heavy atom. The predicted molar refractivity (Wildman–Crippen MR) is 73.1 cm³/mol. The minimum Gasteiger partial charge on any atom is -0.377 e. The van der Waals surface area contributed by atoms with Crippen molar-refractivity contribution in [1.29, 1.82) is 0 Å². The van der Waals surface area contributed by atoms with E-state index in [1.165, 1.54) is 6.07 Å². The number of halogens is 1. The predicted octanol–water partition coefficient (Wildman–Crippen LogP) is 3.68. The number of hydrogen-bond acceptors (Lipinski definition) is 2. The second-order valence-electron chi connectivity index (χ2n) is 4.34. The largest absolute Gasteiger partial charge is 0.377 e. The van der Waals surface area contributed by atoms with Crippen molar-refractivity contribution in [2.45, 2.75) is 45.8 Å². The second-order valence-corrected chi connectivity index (χ2v) is 4.34. The van der Waals surface area contributed by atoms with Crippen molar-refractivity contribution in [1.82, 2.24) is 5.32 Å². The van der Waals surface area contributed by atoms with Crippen LogP contribution in [-0.2, 0) is 4.74 Å². The zero-order chi connectivity index (χ0) is 13.4. The van der Waals surface area contributed by atoms with Crippen molar-refractivity contribution in [3.63, 3.8) is 0 Å². The molecule has 102 valence electrons. The molecule has 0 heterocycles. The van der Waals surface area contributed by atoms with Crippen LogP contribution in [0.1, 0.15) is 45.2 Å². The molecule has 0 bridgehead atoms. The normalized spacial score (nSPS) is 14.4. The molecular formula is C15H24FNO. The van der Waals surface area contributed by atoms with E-state index in [9.17, 15) is 4.39 Å². The van der Waals surface area contributed by atoms with Gasteiger partial charge in [-0.2, -0.15) is 0 Å². The van der Waals surface area contributed by atoms with Crippen LogP contribution in [0.5, 0.6) is 0 Å². The van der Waals surface area contributed by atoms with Crippen LogP contribution in [0.3, 0.4) is 0 Å². The van der Waals surface area contributed by atoms with E-state index in [1.54, 1.807) is 6.07 Å². The minimum absolute atomic E-state index is 0.0249. The molecule has 1 rings (SSSR count). The minimum atomic E-state index is -0.163. The number of likely N-dealkylation sites (N-methyl/N-ethyl adjacent to an activating group) is 1. The Kier molecular flexibility index (Phi) is 6.91. The molecule has 0 amide bonds. The summed E-state index contributed by atoms with van der Waals surface area (Å²) in [5.41, 5.74) is 0.700. The molecule has 2 nitrogen and oxygen atoms in total. The average Bonchev–Trinajstić information content (AvgIpc) is 2.37. The summed E-state index contributed by atoms with van der Waals surface area (Å²) in [6.07, 6.45) is 1.98. The summed E-state index contributed by atoms with van der Waals surface area (Å²) in [5.74, 6) is -0.163. The van der Waals surface area contributed by atoms with E-state index < -0.39 is 0 Å². The van der Waals surface area contributed by atoms with E-state index in [1.807, 2.05) is 26.0 Å². The smallest absolute Gasteiger partial charge is 0.128 e. The van der Waals surface area contributed by atoms with Gasteiger partial charge in [0, 0.05) is 12.2 Å². The zero-order valence-electron chi connectivity index (χ0n) is 11.6. The zero-order valence-corrected chi connectivity index (χ0v) is 11.6.